The summed E-state index contributed by atoms with van der Waals surface area (Å²) < 4.78 is 24.0. The third-order valence-electron chi connectivity index (χ3n) is 3.60. The molecule has 1 amide bonds. The van der Waals surface area contributed by atoms with Crippen LogP contribution in [0.25, 0.3) is 0 Å². The maximum absolute atomic E-state index is 13.6. The molecule has 0 bridgehead atoms. The first-order valence-electron chi connectivity index (χ1n) is 7.76. The number of carbonyl (C=O) groups excluding carboxylic acids is 1. The molecule has 132 valence electrons. The summed E-state index contributed by atoms with van der Waals surface area (Å²) in [5, 5.41) is 2.57. The van der Waals surface area contributed by atoms with Crippen LogP contribution in [0.2, 0.25) is 0 Å². The number of nitrogens with one attached hydrogen (secondary N) is 1. The highest BCUT2D eigenvalue weighted by Crippen LogP contribution is 2.14. The third-order valence-corrected chi connectivity index (χ3v) is 3.60. The van der Waals surface area contributed by atoms with Gasteiger partial charge >= 0.3 is 0 Å². The van der Waals surface area contributed by atoms with E-state index in [9.17, 15) is 14.0 Å². The minimum absolute atomic E-state index is 0.112. The summed E-state index contributed by atoms with van der Waals surface area (Å²) in [6.45, 7) is 1.66. The van der Waals surface area contributed by atoms with Gasteiger partial charge in [-0.2, -0.15) is 0 Å². The number of benzene rings is 1. The van der Waals surface area contributed by atoms with E-state index in [0.717, 1.165) is 17.9 Å². The standard InChI is InChI=1S/C19H15FN2O4/c1-12-5-4-8-21-18(12)22-19(24)16-9-15(23)17(11-26-16)25-10-13-6-2-3-7-14(13)20/h2-9,11H,10H2,1H3,(H,21,22,24). The lowest BCUT2D eigenvalue weighted by Crippen LogP contribution is -2.17. The molecule has 1 aromatic carbocycles. The largest absolute Gasteiger partial charge is 0.482 e. The highest BCUT2D eigenvalue weighted by atomic mass is 19.1. The SMILES string of the molecule is Cc1cccnc1NC(=O)c1cc(=O)c(OCc2ccccc2F)co1. The van der Waals surface area contributed by atoms with E-state index in [-0.39, 0.29) is 18.1 Å². The maximum atomic E-state index is 13.6. The average Bonchev–Trinajstić information content (AvgIpc) is 2.63. The van der Waals surface area contributed by atoms with Crippen molar-refractivity contribution >= 4 is 11.7 Å². The molecule has 2 aromatic heterocycles. The Morgan fingerprint density at radius 2 is 2.08 bits per heavy atom. The van der Waals surface area contributed by atoms with Crippen molar-refractivity contribution in [2.24, 2.45) is 0 Å². The molecule has 0 aliphatic rings. The van der Waals surface area contributed by atoms with Crippen LogP contribution in [0, 0.1) is 12.7 Å². The Kier molecular flexibility index (Phi) is 5.07. The lowest BCUT2D eigenvalue weighted by atomic mass is 10.2. The molecule has 0 saturated carbocycles. The fraction of sp³-hybridized carbons (Fsp3) is 0.105. The summed E-state index contributed by atoms with van der Waals surface area (Å²) >= 11 is 0. The second-order valence-electron chi connectivity index (χ2n) is 5.48. The Morgan fingerprint density at radius 1 is 1.27 bits per heavy atom. The van der Waals surface area contributed by atoms with Gasteiger partial charge < -0.3 is 14.5 Å². The normalized spacial score (nSPS) is 10.4. The van der Waals surface area contributed by atoms with Crippen molar-refractivity contribution in [1.29, 1.82) is 0 Å². The zero-order chi connectivity index (χ0) is 18.5. The predicted molar refractivity (Wildman–Crippen MR) is 92.6 cm³/mol. The molecule has 26 heavy (non-hydrogen) atoms. The van der Waals surface area contributed by atoms with Gasteiger partial charge in [0.2, 0.25) is 11.2 Å². The molecule has 6 nitrogen and oxygen atoms in total. The highest BCUT2D eigenvalue weighted by molar-refractivity contribution is 6.01. The van der Waals surface area contributed by atoms with Crippen molar-refractivity contribution in [1.82, 2.24) is 4.98 Å². The predicted octanol–water partition coefficient (Wildman–Crippen LogP) is 3.31. The molecule has 1 N–H and O–H groups in total. The second kappa shape index (κ2) is 7.60. The smallest absolute Gasteiger partial charge is 0.292 e. The van der Waals surface area contributed by atoms with Gasteiger partial charge in [0.25, 0.3) is 5.91 Å². The van der Waals surface area contributed by atoms with Crippen molar-refractivity contribution in [3.63, 3.8) is 0 Å². The first kappa shape index (κ1) is 17.3. The molecule has 2 heterocycles. The Balaban J connectivity index is 1.71. The van der Waals surface area contributed by atoms with E-state index in [2.05, 4.69) is 10.3 Å². The Hall–Kier alpha value is -3.48. The average molecular weight is 354 g/mol. The van der Waals surface area contributed by atoms with Gasteiger partial charge in [-0.05, 0) is 24.6 Å². The van der Waals surface area contributed by atoms with E-state index in [1.165, 1.54) is 6.07 Å². The van der Waals surface area contributed by atoms with Crippen LogP contribution in [0.15, 0.2) is 64.1 Å². The van der Waals surface area contributed by atoms with Crippen LogP contribution in [-0.4, -0.2) is 10.9 Å². The van der Waals surface area contributed by atoms with Gasteiger partial charge in [0.05, 0.1) is 0 Å². The Bertz CT molecular complexity index is 1000. The number of aryl methyl sites for hydroxylation is 1. The summed E-state index contributed by atoms with van der Waals surface area (Å²) in [7, 11) is 0. The van der Waals surface area contributed by atoms with Crippen LogP contribution < -0.4 is 15.5 Å². The van der Waals surface area contributed by atoms with E-state index in [0.29, 0.717) is 11.4 Å². The van der Waals surface area contributed by atoms with Crippen LogP contribution in [0.5, 0.6) is 5.75 Å². The lowest BCUT2D eigenvalue weighted by molar-refractivity contribution is 0.0993. The zero-order valence-corrected chi connectivity index (χ0v) is 13.9. The molecule has 7 heteroatoms. The molecular weight excluding hydrogens is 339 g/mol. The molecule has 0 fully saturated rings. The minimum Gasteiger partial charge on any atom is -0.482 e. The Labute approximate surface area is 148 Å². The van der Waals surface area contributed by atoms with E-state index in [1.807, 2.05) is 0 Å². The van der Waals surface area contributed by atoms with E-state index in [1.54, 1.807) is 43.5 Å². The number of aromatic nitrogens is 1. The van der Waals surface area contributed by atoms with E-state index in [4.69, 9.17) is 9.15 Å². The first-order valence-corrected chi connectivity index (χ1v) is 7.76. The van der Waals surface area contributed by atoms with Crippen molar-refractivity contribution < 1.29 is 18.3 Å². The van der Waals surface area contributed by atoms with Crippen LogP contribution in [0.4, 0.5) is 10.2 Å². The van der Waals surface area contributed by atoms with Gasteiger partial charge in [-0.15, -0.1) is 0 Å². The third kappa shape index (κ3) is 3.94. The lowest BCUT2D eigenvalue weighted by Gasteiger charge is -2.08. The van der Waals surface area contributed by atoms with Crippen molar-refractivity contribution in [3.8, 4) is 5.75 Å². The highest BCUT2D eigenvalue weighted by Gasteiger charge is 2.14. The van der Waals surface area contributed by atoms with Crippen molar-refractivity contribution in [2.75, 3.05) is 5.32 Å². The first-order chi connectivity index (χ1) is 12.5. The molecule has 0 spiro atoms. The van der Waals surface area contributed by atoms with E-state index >= 15 is 0 Å². The Morgan fingerprint density at radius 3 is 2.81 bits per heavy atom. The second-order valence-corrected chi connectivity index (χ2v) is 5.48. The number of halogens is 1. The number of carbonyl (C=O) groups is 1. The molecular formula is C19H15FN2O4. The number of amides is 1. The topological polar surface area (TPSA) is 81.4 Å². The number of nitrogens with zero attached hydrogens (tertiary/aromatic N) is 1. The van der Waals surface area contributed by atoms with Crippen molar-refractivity contribution in [2.45, 2.75) is 13.5 Å². The van der Waals surface area contributed by atoms with Gasteiger partial charge in [0, 0.05) is 17.8 Å². The number of pyridine rings is 1. The summed E-state index contributed by atoms with van der Waals surface area (Å²) in [6.07, 6.45) is 2.57. The fourth-order valence-electron chi connectivity index (χ4n) is 2.18. The zero-order valence-electron chi connectivity index (χ0n) is 13.9. The summed E-state index contributed by atoms with van der Waals surface area (Å²) in [4.78, 5) is 28.3. The van der Waals surface area contributed by atoms with Crippen LogP contribution >= 0.6 is 0 Å². The number of ether oxygens (including phenoxy) is 1. The molecule has 0 aliphatic heterocycles. The van der Waals surface area contributed by atoms with Gasteiger partial charge in [0.15, 0.2) is 5.76 Å². The molecule has 0 atom stereocenters. The summed E-state index contributed by atoms with van der Waals surface area (Å²) in [6, 6.07) is 10.6. The summed E-state index contributed by atoms with van der Waals surface area (Å²) in [5.41, 5.74) is 0.530. The van der Waals surface area contributed by atoms with Crippen LogP contribution in [0.1, 0.15) is 21.7 Å². The number of hydrogen-bond acceptors (Lipinski definition) is 5. The van der Waals surface area contributed by atoms with Gasteiger partial charge in [0.1, 0.15) is 24.5 Å². The minimum atomic E-state index is -0.607. The number of rotatable bonds is 5. The molecule has 0 radical (unpaired) electrons. The van der Waals surface area contributed by atoms with Gasteiger partial charge in [-0.25, -0.2) is 9.37 Å². The van der Waals surface area contributed by atoms with Crippen LogP contribution in [0.3, 0.4) is 0 Å². The van der Waals surface area contributed by atoms with Gasteiger partial charge in [-0.3, -0.25) is 9.59 Å². The fourth-order valence-corrected chi connectivity index (χ4v) is 2.18. The molecule has 0 aliphatic carbocycles. The number of hydrogen-bond donors (Lipinski definition) is 1. The summed E-state index contributed by atoms with van der Waals surface area (Å²) in [5.74, 6) is -0.958. The number of anilines is 1. The quantitative estimate of drug-likeness (QED) is 0.760. The van der Waals surface area contributed by atoms with E-state index < -0.39 is 17.2 Å². The molecule has 3 aromatic rings. The molecule has 3 rings (SSSR count). The van der Waals surface area contributed by atoms with Gasteiger partial charge in [-0.1, -0.05) is 24.3 Å². The van der Waals surface area contributed by atoms with Crippen molar-refractivity contribution in [3.05, 3.63) is 87.9 Å². The molecule has 0 saturated heterocycles. The van der Waals surface area contributed by atoms with Crippen LogP contribution in [-0.2, 0) is 6.61 Å². The maximum Gasteiger partial charge on any atom is 0.292 e. The monoisotopic (exact) mass is 354 g/mol. The molecule has 0 unspecified atom stereocenters.